The summed E-state index contributed by atoms with van der Waals surface area (Å²) in [4.78, 5) is 27.9. The molecular formula is C10H11N3O2. The highest BCUT2D eigenvalue weighted by Crippen LogP contribution is 2.12. The van der Waals surface area contributed by atoms with Crippen molar-refractivity contribution in [2.24, 2.45) is 0 Å². The van der Waals surface area contributed by atoms with E-state index in [1.54, 1.807) is 24.5 Å². The fourth-order valence-corrected chi connectivity index (χ4v) is 1.49. The van der Waals surface area contributed by atoms with Crippen LogP contribution in [0, 0.1) is 0 Å². The number of nitrogens with zero attached hydrogens (tertiary/aromatic N) is 2. The maximum Gasteiger partial charge on any atom is 0.328 e. The molecule has 1 aromatic heterocycles. The van der Waals surface area contributed by atoms with Crippen molar-refractivity contribution in [1.29, 1.82) is 0 Å². The molecule has 1 N–H and O–H groups in total. The van der Waals surface area contributed by atoms with Gasteiger partial charge in [0.2, 0.25) is 5.91 Å². The zero-order valence-corrected chi connectivity index (χ0v) is 8.14. The van der Waals surface area contributed by atoms with Crippen LogP contribution >= 0.6 is 0 Å². The number of amides is 3. The van der Waals surface area contributed by atoms with E-state index in [2.05, 4.69) is 10.3 Å². The van der Waals surface area contributed by atoms with E-state index < -0.39 is 0 Å². The average molecular weight is 205 g/mol. The first-order valence-corrected chi connectivity index (χ1v) is 4.79. The van der Waals surface area contributed by atoms with Gasteiger partial charge in [-0.1, -0.05) is 0 Å². The van der Waals surface area contributed by atoms with E-state index in [0.717, 1.165) is 6.42 Å². The predicted molar refractivity (Wildman–Crippen MR) is 54.2 cm³/mol. The van der Waals surface area contributed by atoms with Gasteiger partial charge in [-0.15, -0.1) is 0 Å². The number of anilines is 1. The summed E-state index contributed by atoms with van der Waals surface area (Å²) in [6.45, 7) is 0.510. The van der Waals surface area contributed by atoms with Crippen molar-refractivity contribution in [3.05, 3.63) is 24.5 Å². The van der Waals surface area contributed by atoms with Crippen LogP contribution in [0.3, 0.4) is 0 Å². The predicted octanol–water partition coefficient (Wildman–Crippen LogP) is 1.24. The summed E-state index contributed by atoms with van der Waals surface area (Å²) in [5.74, 6) is -0.110. The molecule has 0 atom stereocenters. The van der Waals surface area contributed by atoms with E-state index in [0.29, 0.717) is 18.7 Å². The molecule has 2 heterocycles. The highest BCUT2D eigenvalue weighted by molar-refractivity contribution is 6.02. The molecule has 1 aliphatic rings. The first-order valence-electron chi connectivity index (χ1n) is 4.79. The van der Waals surface area contributed by atoms with E-state index >= 15 is 0 Å². The Balaban J connectivity index is 2.01. The van der Waals surface area contributed by atoms with E-state index in [1.807, 2.05) is 0 Å². The number of likely N-dealkylation sites (tertiary alicyclic amines) is 1. The molecule has 1 aliphatic heterocycles. The summed E-state index contributed by atoms with van der Waals surface area (Å²) in [6.07, 6.45) is 4.38. The minimum absolute atomic E-state index is 0.110. The normalized spacial score (nSPS) is 15.5. The Labute approximate surface area is 87.1 Å². The topological polar surface area (TPSA) is 62.3 Å². The number of pyridine rings is 1. The van der Waals surface area contributed by atoms with Crippen molar-refractivity contribution in [2.45, 2.75) is 12.8 Å². The van der Waals surface area contributed by atoms with Crippen molar-refractivity contribution in [1.82, 2.24) is 9.88 Å². The van der Waals surface area contributed by atoms with E-state index in [-0.39, 0.29) is 11.9 Å². The van der Waals surface area contributed by atoms with Gasteiger partial charge in [0.15, 0.2) is 0 Å². The number of urea groups is 1. The number of aromatic nitrogens is 1. The number of rotatable bonds is 1. The van der Waals surface area contributed by atoms with Gasteiger partial charge in [0.05, 0.1) is 0 Å². The number of carbonyl (C=O) groups excluding carboxylic acids is 2. The molecule has 0 bridgehead atoms. The molecular weight excluding hydrogens is 194 g/mol. The Bertz CT molecular complexity index is 378. The van der Waals surface area contributed by atoms with Gasteiger partial charge in [-0.3, -0.25) is 14.7 Å². The molecule has 2 rings (SSSR count). The van der Waals surface area contributed by atoms with Crippen LogP contribution in [0.1, 0.15) is 12.8 Å². The number of imide groups is 1. The van der Waals surface area contributed by atoms with Gasteiger partial charge in [0.1, 0.15) is 0 Å². The maximum absolute atomic E-state index is 11.6. The van der Waals surface area contributed by atoms with Gasteiger partial charge in [0, 0.05) is 31.0 Å². The lowest BCUT2D eigenvalue weighted by atomic mass is 10.4. The fourth-order valence-electron chi connectivity index (χ4n) is 1.49. The third-order valence-corrected chi connectivity index (χ3v) is 2.25. The molecule has 78 valence electrons. The Morgan fingerprint density at radius 2 is 2.13 bits per heavy atom. The van der Waals surface area contributed by atoms with Crippen LogP contribution in [-0.2, 0) is 4.79 Å². The zero-order chi connectivity index (χ0) is 10.7. The average Bonchev–Trinajstić information content (AvgIpc) is 2.66. The number of nitrogens with one attached hydrogen (secondary N) is 1. The van der Waals surface area contributed by atoms with Crippen molar-refractivity contribution >= 4 is 17.6 Å². The second-order valence-electron chi connectivity index (χ2n) is 3.31. The first kappa shape index (κ1) is 9.64. The Morgan fingerprint density at radius 3 is 2.73 bits per heavy atom. The van der Waals surface area contributed by atoms with E-state index in [1.165, 1.54) is 4.90 Å². The summed E-state index contributed by atoms with van der Waals surface area (Å²) in [6, 6.07) is 3.00. The standard InChI is InChI=1S/C10H11N3O2/c14-9-2-1-7-13(9)10(15)12-8-3-5-11-6-4-8/h3-6H,1-2,7H2,(H,11,12,15). The third kappa shape index (κ3) is 2.12. The quantitative estimate of drug-likeness (QED) is 0.750. The largest absolute Gasteiger partial charge is 0.328 e. The van der Waals surface area contributed by atoms with Gasteiger partial charge < -0.3 is 5.32 Å². The summed E-state index contributed by atoms with van der Waals surface area (Å²) in [5, 5.41) is 2.64. The van der Waals surface area contributed by atoms with Crippen LogP contribution in [0.25, 0.3) is 0 Å². The number of carbonyl (C=O) groups is 2. The van der Waals surface area contributed by atoms with Crippen LogP contribution in [0.2, 0.25) is 0 Å². The van der Waals surface area contributed by atoms with Gasteiger partial charge in [0.25, 0.3) is 0 Å². The minimum atomic E-state index is -0.358. The summed E-state index contributed by atoms with van der Waals surface area (Å²) in [7, 11) is 0. The first-order chi connectivity index (χ1) is 7.27. The highest BCUT2D eigenvalue weighted by Gasteiger charge is 2.26. The van der Waals surface area contributed by atoms with Crippen LogP contribution < -0.4 is 5.32 Å². The molecule has 1 aromatic rings. The molecule has 0 aliphatic carbocycles. The van der Waals surface area contributed by atoms with Crippen molar-refractivity contribution < 1.29 is 9.59 Å². The smallest absolute Gasteiger partial charge is 0.307 e. The van der Waals surface area contributed by atoms with Gasteiger partial charge >= 0.3 is 6.03 Å². The van der Waals surface area contributed by atoms with E-state index in [4.69, 9.17) is 0 Å². The van der Waals surface area contributed by atoms with Crippen LogP contribution in [-0.4, -0.2) is 28.4 Å². The second-order valence-corrected chi connectivity index (χ2v) is 3.31. The Morgan fingerprint density at radius 1 is 1.40 bits per heavy atom. The lowest BCUT2D eigenvalue weighted by molar-refractivity contribution is -0.125. The molecule has 15 heavy (non-hydrogen) atoms. The van der Waals surface area contributed by atoms with Crippen molar-refractivity contribution in [3.8, 4) is 0 Å². The molecule has 0 radical (unpaired) electrons. The van der Waals surface area contributed by atoms with Crippen LogP contribution in [0.15, 0.2) is 24.5 Å². The number of hydrogen-bond donors (Lipinski definition) is 1. The summed E-state index contributed by atoms with van der Waals surface area (Å²) >= 11 is 0. The lowest BCUT2D eigenvalue weighted by Crippen LogP contribution is -2.35. The monoisotopic (exact) mass is 205 g/mol. The zero-order valence-electron chi connectivity index (χ0n) is 8.14. The molecule has 5 nitrogen and oxygen atoms in total. The number of hydrogen-bond acceptors (Lipinski definition) is 3. The molecule has 3 amide bonds. The molecule has 0 aromatic carbocycles. The van der Waals surface area contributed by atoms with Gasteiger partial charge in [-0.2, -0.15) is 0 Å². The van der Waals surface area contributed by atoms with Gasteiger partial charge in [-0.25, -0.2) is 4.79 Å². The molecule has 5 heteroatoms. The van der Waals surface area contributed by atoms with Crippen molar-refractivity contribution in [3.63, 3.8) is 0 Å². The van der Waals surface area contributed by atoms with Gasteiger partial charge in [-0.05, 0) is 18.6 Å². The van der Waals surface area contributed by atoms with Crippen molar-refractivity contribution in [2.75, 3.05) is 11.9 Å². The SMILES string of the molecule is O=C1CCCN1C(=O)Nc1ccncc1. The maximum atomic E-state index is 11.6. The fraction of sp³-hybridized carbons (Fsp3) is 0.300. The van der Waals surface area contributed by atoms with Crippen LogP contribution in [0.5, 0.6) is 0 Å². The summed E-state index contributed by atoms with van der Waals surface area (Å²) in [5.41, 5.74) is 0.648. The molecule has 0 unspecified atom stereocenters. The third-order valence-electron chi connectivity index (χ3n) is 2.25. The molecule has 0 spiro atoms. The second kappa shape index (κ2) is 4.08. The molecule has 0 saturated carbocycles. The van der Waals surface area contributed by atoms with E-state index in [9.17, 15) is 9.59 Å². The Hall–Kier alpha value is -1.91. The summed E-state index contributed by atoms with van der Waals surface area (Å²) < 4.78 is 0. The molecule has 1 fully saturated rings. The van der Waals surface area contributed by atoms with Crippen LogP contribution in [0.4, 0.5) is 10.5 Å². The lowest BCUT2D eigenvalue weighted by Gasteiger charge is -2.14. The molecule has 1 saturated heterocycles. The minimum Gasteiger partial charge on any atom is -0.307 e. The highest BCUT2D eigenvalue weighted by atomic mass is 16.2. The Kier molecular flexibility index (Phi) is 2.62.